The van der Waals surface area contributed by atoms with E-state index in [0.29, 0.717) is 11.4 Å². The maximum Gasteiger partial charge on any atom is 0.319 e. The van der Waals surface area contributed by atoms with Crippen molar-refractivity contribution < 1.29 is 9.53 Å². The number of hydrogen-bond acceptors (Lipinski definition) is 2. The Hall–Kier alpha value is -2.49. The van der Waals surface area contributed by atoms with E-state index in [4.69, 9.17) is 4.74 Å². The molecule has 0 fully saturated rings. The summed E-state index contributed by atoms with van der Waals surface area (Å²) in [6.45, 7) is 4.10. The second-order valence-corrected chi connectivity index (χ2v) is 5.17. The summed E-state index contributed by atoms with van der Waals surface area (Å²) < 4.78 is 5.23. The third-order valence-corrected chi connectivity index (χ3v) is 3.55. The number of carbonyl (C=O) groups excluding carboxylic acids is 1. The number of para-hydroxylation sites is 2. The number of benzene rings is 2. The quantitative estimate of drug-likeness (QED) is 0.865. The number of anilines is 1. The normalized spacial score (nSPS) is 11.6. The van der Waals surface area contributed by atoms with E-state index in [2.05, 4.69) is 22.8 Å². The van der Waals surface area contributed by atoms with Crippen molar-refractivity contribution in [3.05, 3.63) is 59.7 Å². The molecule has 0 aromatic heterocycles. The van der Waals surface area contributed by atoms with E-state index < -0.39 is 0 Å². The molecule has 0 saturated carbocycles. The highest BCUT2D eigenvalue weighted by Gasteiger charge is 2.13. The number of hydrogen-bond donors (Lipinski definition) is 2. The predicted molar refractivity (Wildman–Crippen MR) is 89.4 cm³/mol. The highest BCUT2D eigenvalue weighted by Crippen LogP contribution is 2.23. The van der Waals surface area contributed by atoms with Crippen molar-refractivity contribution in [1.82, 2.24) is 5.32 Å². The standard InChI is InChI=1S/C18H22N2O2/c1-4-15(14-11-9-13(2)10-12-14)19-18(21)20-16-7-5-6-8-17(16)22-3/h5-12,15H,4H2,1-3H3,(H2,19,20,21). The van der Waals surface area contributed by atoms with Gasteiger partial charge in [-0.3, -0.25) is 0 Å². The lowest BCUT2D eigenvalue weighted by Crippen LogP contribution is -2.32. The van der Waals surface area contributed by atoms with Crippen molar-refractivity contribution >= 4 is 11.7 Å². The fraction of sp³-hybridized carbons (Fsp3) is 0.278. The molecule has 2 amide bonds. The number of ether oxygens (including phenoxy) is 1. The monoisotopic (exact) mass is 298 g/mol. The topological polar surface area (TPSA) is 50.4 Å². The number of carbonyl (C=O) groups is 1. The van der Waals surface area contributed by atoms with Gasteiger partial charge in [0.2, 0.25) is 0 Å². The summed E-state index contributed by atoms with van der Waals surface area (Å²) in [7, 11) is 1.58. The smallest absolute Gasteiger partial charge is 0.319 e. The summed E-state index contributed by atoms with van der Waals surface area (Å²) in [6, 6.07) is 15.3. The third kappa shape index (κ3) is 4.01. The molecule has 2 aromatic rings. The number of aryl methyl sites for hydroxylation is 1. The molecular weight excluding hydrogens is 276 g/mol. The molecule has 0 aliphatic carbocycles. The summed E-state index contributed by atoms with van der Waals surface area (Å²) >= 11 is 0. The summed E-state index contributed by atoms with van der Waals surface area (Å²) in [5, 5.41) is 5.83. The van der Waals surface area contributed by atoms with E-state index in [-0.39, 0.29) is 12.1 Å². The van der Waals surface area contributed by atoms with Crippen LogP contribution in [0.25, 0.3) is 0 Å². The molecular formula is C18H22N2O2. The van der Waals surface area contributed by atoms with Crippen molar-refractivity contribution in [3.63, 3.8) is 0 Å². The third-order valence-electron chi connectivity index (χ3n) is 3.55. The maximum atomic E-state index is 12.2. The van der Waals surface area contributed by atoms with Gasteiger partial charge in [0.1, 0.15) is 5.75 Å². The molecule has 0 saturated heterocycles. The van der Waals surface area contributed by atoms with Crippen LogP contribution in [0.2, 0.25) is 0 Å². The summed E-state index contributed by atoms with van der Waals surface area (Å²) in [5.41, 5.74) is 2.96. The maximum absolute atomic E-state index is 12.2. The molecule has 4 nitrogen and oxygen atoms in total. The largest absolute Gasteiger partial charge is 0.495 e. The zero-order valence-electron chi connectivity index (χ0n) is 13.2. The van der Waals surface area contributed by atoms with Crippen LogP contribution in [0, 0.1) is 6.92 Å². The minimum atomic E-state index is -0.239. The first kappa shape index (κ1) is 15.9. The van der Waals surface area contributed by atoms with Crippen molar-refractivity contribution in [1.29, 1.82) is 0 Å². The molecule has 2 N–H and O–H groups in total. The summed E-state index contributed by atoms with van der Waals surface area (Å²) in [4.78, 5) is 12.2. The molecule has 0 radical (unpaired) electrons. The van der Waals surface area contributed by atoms with Gasteiger partial charge in [0.25, 0.3) is 0 Å². The Labute approximate surface area is 131 Å². The molecule has 116 valence electrons. The van der Waals surface area contributed by atoms with Crippen LogP contribution in [0.5, 0.6) is 5.75 Å². The highest BCUT2D eigenvalue weighted by molar-refractivity contribution is 5.91. The molecule has 0 spiro atoms. The average molecular weight is 298 g/mol. The van der Waals surface area contributed by atoms with E-state index in [1.54, 1.807) is 7.11 Å². The van der Waals surface area contributed by atoms with Gasteiger partial charge in [-0.15, -0.1) is 0 Å². The van der Waals surface area contributed by atoms with Crippen LogP contribution in [0.4, 0.5) is 10.5 Å². The van der Waals surface area contributed by atoms with E-state index in [0.717, 1.165) is 12.0 Å². The molecule has 1 unspecified atom stereocenters. The van der Waals surface area contributed by atoms with Crippen LogP contribution < -0.4 is 15.4 Å². The first-order valence-electron chi connectivity index (χ1n) is 7.41. The summed E-state index contributed by atoms with van der Waals surface area (Å²) in [5.74, 6) is 0.640. The van der Waals surface area contributed by atoms with Gasteiger partial charge in [-0.2, -0.15) is 0 Å². The Balaban J connectivity index is 2.05. The van der Waals surface area contributed by atoms with E-state index in [1.807, 2.05) is 50.2 Å². The van der Waals surface area contributed by atoms with Gasteiger partial charge in [0.15, 0.2) is 0 Å². The Kier molecular flexibility index (Phi) is 5.42. The first-order valence-corrected chi connectivity index (χ1v) is 7.41. The van der Waals surface area contributed by atoms with Gasteiger partial charge in [0, 0.05) is 0 Å². The van der Waals surface area contributed by atoms with Gasteiger partial charge in [-0.1, -0.05) is 48.9 Å². The zero-order chi connectivity index (χ0) is 15.9. The molecule has 4 heteroatoms. The van der Waals surface area contributed by atoms with Gasteiger partial charge in [-0.25, -0.2) is 4.79 Å². The molecule has 0 bridgehead atoms. The van der Waals surface area contributed by atoms with Crippen molar-refractivity contribution in [2.24, 2.45) is 0 Å². The Bertz CT molecular complexity index is 623. The van der Waals surface area contributed by atoms with Crippen LogP contribution in [0.1, 0.15) is 30.5 Å². The predicted octanol–water partition coefficient (Wildman–Crippen LogP) is 4.28. The highest BCUT2D eigenvalue weighted by atomic mass is 16.5. The van der Waals surface area contributed by atoms with E-state index in [9.17, 15) is 4.79 Å². The van der Waals surface area contributed by atoms with Crippen LogP contribution in [-0.2, 0) is 0 Å². The van der Waals surface area contributed by atoms with Crippen LogP contribution in [-0.4, -0.2) is 13.1 Å². The zero-order valence-corrected chi connectivity index (χ0v) is 13.2. The van der Waals surface area contributed by atoms with Crippen molar-refractivity contribution in [3.8, 4) is 5.75 Å². The van der Waals surface area contributed by atoms with Gasteiger partial charge < -0.3 is 15.4 Å². The Morgan fingerprint density at radius 3 is 2.45 bits per heavy atom. The molecule has 2 aromatic carbocycles. The van der Waals surface area contributed by atoms with E-state index in [1.165, 1.54) is 5.56 Å². The van der Waals surface area contributed by atoms with Crippen molar-refractivity contribution in [2.45, 2.75) is 26.3 Å². The lowest BCUT2D eigenvalue weighted by atomic mass is 10.0. The lowest BCUT2D eigenvalue weighted by Gasteiger charge is -2.19. The molecule has 2 rings (SSSR count). The Morgan fingerprint density at radius 2 is 1.82 bits per heavy atom. The number of methoxy groups -OCH3 is 1. The second-order valence-electron chi connectivity index (χ2n) is 5.17. The van der Waals surface area contributed by atoms with E-state index >= 15 is 0 Å². The minimum Gasteiger partial charge on any atom is -0.495 e. The first-order chi connectivity index (χ1) is 10.6. The average Bonchev–Trinajstić information content (AvgIpc) is 2.54. The SMILES string of the molecule is CCC(NC(=O)Nc1ccccc1OC)c1ccc(C)cc1. The fourth-order valence-corrected chi connectivity index (χ4v) is 2.28. The van der Waals surface area contributed by atoms with Crippen LogP contribution in [0.3, 0.4) is 0 Å². The van der Waals surface area contributed by atoms with Gasteiger partial charge >= 0.3 is 6.03 Å². The lowest BCUT2D eigenvalue weighted by molar-refractivity contribution is 0.248. The molecule has 0 aliphatic rings. The number of urea groups is 1. The number of nitrogens with one attached hydrogen (secondary N) is 2. The molecule has 22 heavy (non-hydrogen) atoms. The van der Waals surface area contributed by atoms with Gasteiger partial charge in [-0.05, 0) is 31.0 Å². The fourth-order valence-electron chi connectivity index (χ4n) is 2.28. The molecule has 1 atom stereocenters. The molecule has 0 heterocycles. The Morgan fingerprint density at radius 1 is 1.14 bits per heavy atom. The van der Waals surface area contributed by atoms with Crippen LogP contribution in [0.15, 0.2) is 48.5 Å². The van der Waals surface area contributed by atoms with Crippen LogP contribution >= 0.6 is 0 Å². The molecule has 0 aliphatic heterocycles. The number of rotatable bonds is 5. The van der Waals surface area contributed by atoms with Gasteiger partial charge in [0.05, 0.1) is 18.8 Å². The minimum absolute atomic E-state index is 0.0182. The van der Waals surface area contributed by atoms with Crippen molar-refractivity contribution in [2.75, 3.05) is 12.4 Å². The number of amides is 2. The second kappa shape index (κ2) is 7.50. The summed E-state index contributed by atoms with van der Waals surface area (Å²) in [6.07, 6.45) is 0.822.